The number of likely N-dealkylation sites (tertiary alicyclic amines) is 1. The van der Waals surface area contributed by atoms with Gasteiger partial charge in [-0.15, -0.1) is 0 Å². The van der Waals surface area contributed by atoms with Crippen molar-refractivity contribution in [2.24, 2.45) is 0 Å². The molecule has 0 radical (unpaired) electrons. The highest BCUT2D eigenvalue weighted by molar-refractivity contribution is 4.79. The van der Waals surface area contributed by atoms with Crippen molar-refractivity contribution in [2.75, 3.05) is 6.54 Å². The summed E-state index contributed by atoms with van der Waals surface area (Å²) in [7, 11) is 0. The van der Waals surface area contributed by atoms with Crippen LogP contribution < -0.4 is 0 Å². The first-order valence-electron chi connectivity index (χ1n) is 5.51. The molecule has 3 atom stereocenters. The monoisotopic (exact) mass is 187 g/mol. The van der Waals surface area contributed by atoms with Crippen molar-refractivity contribution in [2.45, 2.75) is 64.7 Å². The maximum Gasteiger partial charge on any atom is 0.0985 e. The smallest absolute Gasteiger partial charge is 0.0985 e. The van der Waals surface area contributed by atoms with Crippen molar-refractivity contribution in [3.05, 3.63) is 0 Å². The van der Waals surface area contributed by atoms with E-state index in [9.17, 15) is 4.39 Å². The quantitative estimate of drug-likeness (QED) is 0.656. The average Bonchev–Trinajstić information content (AvgIpc) is 2.03. The Hall–Kier alpha value is -0.110. The Morgan fingerprint density at radius 2 is 1.85 bits per heavy atom. The van der Waals surface area contributed by atoms with E-state index in [0.717, 1.165) is 6.54 Å². The van der Waals surface area contributed by atoms with E-state index in [4.69, 9.17) is 0 Å². The van der Waals surface area contributed by atoms with E-state index >= 15 is 0 Å². The number of hydrogen-bond acceptors (Lipinski definition) is 1. The molecule has 0 aliphatic carbocycles. The van der Waals surface area contributed by atoms with Gasteiger partial charge in [-0.1, -0.05) is 6.42 Å². The predicted octanol–water partition coefficient (Wildman–Crippen LogP) is 3.00. The molecule has 0 N–H and O–H groups in total. The molecular formula is C11H22FN. The largest absolute Gasteiger partial charge is 0.298 e. The molecule has 1 aliphatic rings. The van der Waals surface area contributed by atoms with Gasteiger partial charge in [0.05, 0.1) is 6.17 Å². The summed E-state index contributed by atoms with van der Waals surface area (Å²) >= 11 is 0. The normalized spacial score (nSPS) is 33.2. The first-order valence-corrected chi connectivity index (χ1v) is 5.51. The lowest BCUT2D eigenvalue weighted by molar-refractivity contribution is 0.0934. The highest BCUT2D eigenvalue weighted by Crippen LogP contribution is 2.22. The molecule has 1 heterocycles. The molecule has 0 spiro atoms. The third kappa shape index (κ3) is 3.26. The molecule has 0 aromatic heterocycles. The second kappa shape index (κ2) is 4.94. The SMILES string of the molecule is CC(F)CCN1[C@H](C)CCC[C@H]1C. The van der Waals surface area contributed by atoms with Crippen LogP contribution >= 0.6 is 0 Å². The van der Waals surface area contributed by atoms with Gasteiger partial charge < -0.3 is 0 Å². The Balaban J connectivity index is 2.35. The van der Waals surface area contributed by atoms with E-state index in [1.807, 2.05) is 0 Å². The van der Waals surface area contributed by atoms with E-state index in [1.54, 1.807) is 6.92 Å². The maximum absolute atomic E-state index is 12.7. The van der Waals surface area contributed by atoms with E-state index in [2.05, 4.69) is 18.7 Å². The lowest BCUT2D eigenvalue weighted by Gasteiger charge is -2.39. The van der Waals surface area contributed by atoms with E-state index in [-0.39, 0.29) is 0 Å². The Bertz CT molecular complexity index is 137. The Kier molecular flexibility index (Phi) is 4.17. The van der Waals surface area contributed by atoms with Gasteiger partial charge in [0.1, 0.15) is 0 Å². The summed E-state index contributed by atoms with van der Waals surface area (Å²) in [6.45, 7) is 7.11. The van der Waals surface area contributed by atoms with Gasteiger partial charge >= 0.3 is 0 Å². The van der Waals surface area contributed by atoms with Crippen LogP contribution in [-0.4, -0.2) is 29.7 Å². The molecule has 78 valence electrons. The van der Waals surface area contributed by atoms with Crippen LogP contribution in [-0.2, 0) is 0 Å². The number of rotatable bonds is 3. The zero-order valence-corrected chi connectivity index (χ0v) is 9.09. The fourth-order valence-corrected chi connectivity index (χ4v) is 2.24. The van der Waals surface area contributed by atoms with Gasteiger partial charge in [-0.2, -0.15) is 0 Å². The van der Waals surface area contributed by atoms with E-state index in [1.165, 1.54) is 19.3 Å². The van der Waals surface area contributed by atoms with Crippen LogP contribution in [0.3, 0.4) is 0 Å². The van der Waals surface area contributed by atoms with Gasteiger partial charge in [-0.3, -0.25) is 4.90 Å². The van der Waals surface area contributed by atoms with Crippen LogP contribution in [0.5, 0.6) is 0 Å². The highest BCUT2D eigenvalue weighted by atomic mass is 19.1. The Labute approximate surface area is 81.3 Å². The molecule has 0 aromatic rings. The van der Waals surface area contributed by atoms with Gasteiger partial charge in [0.2, 0.25) is 0 Å². The fourth-order valence-electron chi connectivity index (χ4n) is 2.24. The summed E-state index contributed by atoms with van der Waals surface area (Å²) in [6.07, 6.45) is 3.94. The molecule has 1 rings (SSSR count). The van der Waals surface area contributed by atoms with Crippen molar-refractivity contribution in [3.63, 3.8) is 0 Å². The Morgan fingerprint density at radius 3 is 2.31 bits per heavy atom. The van der Waals surface area contributed by atoms with Gasteiger partial charge in [0.25, 0.3) is 0 Å². The van der Waals surface area contributed by atoms with Gasteiger partial charge in [-0.25, -0.2) is 4.39 Å². The molecule has 2 heteroatoms. The van der Waals surface area contributed by atoms with Crippen LogP contribution in [0.25, 0.3) is 0 Å². The van der Waals surface area contributed by atoms with Crippen molar-refractivity contribution in [3.8, 4) is 0 Å². The molecule has 0 aromatic carbocycles. The van der Waals surface area contributed by atoms with Crippen molar-refractivity contribution in [1.82, 2.24) is 4.90 Å². The summed E-state index contributed by atoms with van der Waals surface area (Å²) in [4.78, 5) is 2.46. The lowest BCUT2D eigenvalue weighted by atomic mass is 9.97. The molecule has 1 nitrogen and oxygen atoms in total. The first-order chi connectivity index (χ1) is 6.11. The highest BCUT2D eigenvalue weighted by Gasteiger charge is 2.24. The molecule has 1 saturated heterocycles. The van der Waals surface area contributed by atoms with Crippen molar-refractivity contribution < 1.29 is 4.39 Å². The molecule has 1 fully saturated rings. The van der Waals surface area contributed by atoms with Gasteiger partial charge in [0, 0.05) is 18.6 Å². The van der Waals surface area contributed by atoms with Gasteiger partial charge in [-0.05, 0) is 40.0 Å². The molecule has 0 saturated carbocycles. The van der Waals surface area contributed by atoms with Crippen LogP contribution in [0.15, 0.2) is 0 Å². The molecular weight excluding hydrogens is 165 g/mol. The number of halogens is 1. The average molecular weight is 187 g/mol. The van der Waals surface area contributed by atoms with Crippen LogP contribution in [0, 0.1) is 0 Å². The summed E-state index contributed by atoms with van der Waals surface area (Å²) in [6, 6.07) is 1.31. The summed E-state index contributed by atoms with van der Waals surface area (Å²) in [5, 5.41) is 0. The molecule has 0 amide bonds. The molecule has 1 unspecified atom stereocenters. The van der Waals surface area contributed by atoms with Gasteiger partial charge in [0.15, 0.2) is 0 Å². The summed E-state index contributed by atoms with van der Waals surface area (Å²) in [5.41, 5.74) is 0. The second-order valence-corrected chi connectivity index (χ2v) is 4.44. The van der Waals surface area contributed by atoms with Crippen LogP contribution in [0.2, 0.25) is 0 Å². The Morgan fingerprint density at radius 1 is 1.31 bits per heavy atom. The zero-order valence-electron chi connectivity index (χ0n) is 9.09. The minimum atomic E-state index is -0.652. The number of hydrogen-bond donors (Lipinski definition) is 0. The minimum absolute atomic E-state index is 0.652. The third-order valence-corrected chi connectivity index (χ3v) is 3.16. The number of piperidine rings is 1. The van der Waals surface area contributed by atoms with Crippen molar-refractivity contribution in [1.29, 1.82) is 0 Å². The topological polar surface area (TPSA) is 3.24 Å². The fraction of sp³-hybridized carbons (Fsp3) is 1.00. The summed E-state index contributed by atoms with van der Waals surface area (Å²) in [5.74, 6) is 0. The minimum Gasteiger partial charge on any atom is -0.298 e. The number of alkyl halides is 1. The predicted molar refractivity (Wildman–Crippen MR) is 54.7 cm³/mol. The first kappa shape index (κ1) is 11.0. The maximum atomic E-state index is 12.7. The van der Waals surface area contributed by atoms with E-state index < -0.39 is 6.17 Å². The zero-order chi connectivity index (χ0) is 9.84. The van der Waals surface area contributed by atoms with Crippen molar-refractivity contribution >= 4 is 0 Å². The lowest BCUT2D eigenvalue weighted by Crippen LogP contribution is -2.44. The van der Waals surface area contributed by atoms with E-state index in [0.29, 0.717) is 18.5 Å². The molecule has 0 bridgehead atoms. The third-order valence-electron chi connectivity index (χ3n) is 3.16. The molecule has 1 aliphatic heterocycles. The standard InChI is InChI=1S/C11H22FN/c1-9(12)7-8-13-10(2)5-4-6-11(13)3/h9-11H,4-8H2,1-3H3/t9?,10-,11-/m1/s1. The number of nitrogens with zero attached hydrogens (tertiary/aromatic N) is 1. The van der Waals surface area contributed by atoms with Crippen LogP contribution in [0.4, 0.5) is 4.39 Å². The summed E-state index contributed by atoms with van der Waals surface area (Å²) < 4.78 is 12.7. The second-order valence-electron chi connectivity index (χ2n) is 4.44. The van der Waals surface area contributed by atoms with Crippen LogP contribution in [0.1, 0.15) is 46.5 Å². The molecule has 13 heavy (non-hydrogen) atoms.